The third kappa shape index (κ3) is 4.23. The van der Waals surface area contributed by atoms with Gasteiger partial charge < -0.3 is 14.5 Å². The molecule has 0 spiro atoms. The van der Waals surface area contributed by atoms with E-state index in [1.165, 1.54) is 6.42 Å². The van der Waals surface area contributed by atoms with Crippen LogP contribution in [0.3, 0.4) is 0 Å². The molecule has 2 atom stereocenters. The molecule has 2 saturated heterocycles. The summed E-state index contributed by atoms with van der Waals surface area (Å²) in [4.78, 5) is 17.4. The number of likely N-dealkylation sites (N-methyl/N-ethyl adjacent to an activating group) is 1. The Labute approximate surface area is 151 Å². The summed E-state index contributed by atoms with van der Waals surface area (Å²) in [5.41, 5.74) is 2.00. The minimum absolute atomic E-state index is 0.161. The predicted molar refractivity (Wildman–Crippen MR) is 97.6 cm³/mol. The Bertz CT molecular complexity index is 586. The van der Waals surface area contributed by atoms with E-state index in [0.717, 1.165) is 57.1 Å². The zero-order valence-corrected chi connectivity index (χ0v) is 16.1. The summed E-state index contributed by atoms with van der Waals surface area (Å²) < 4.78 is 7.33. The van der Waals surface area contributed by atoms with Gasteiger partial charge in [0.2, 0.25) is 5.91 Å². The molecule has 0 bridgehead atoms. The molecule has 0 saturated carbocycles. The number of amides is 1. The maximum Gasteiger partial charge on any atom is 0.247 e. The van der Waals surface area contributed by atoms with Crippen molar-refractivity contribution in [2.45, 2.75) is 52.1 Å². The standard InChI is InChI=1S/C19H32N4O2/c1-14-11-15(2)23(20-14)16(3)19(24)21(4)18-5-8-22(9-6-18)12-17-7-10-25-13-17/h11,16-18H,5-10,12-13H2,1-4H3. The highest BCUT2D eigenvalue weighted by atomic mass is 16.5. The van der Waals surface area contributed by atoms with Gasteiger partial charge in [-0.25, -0.2) is 0 Å². The maximum atomic E-state index is 12.9. The highest BCUT2D eigenvalue weighted by Crippen LogP contribution is 2.22. The highest BCUT2D eigenvalue weighted by molar-refractivity contribution is 5.80. The summed E-state index contributed by atoms with van der Waals surface area (Å²) in [5.74, 6) is 0.857. The van der Waals surface area contributed by atoms with Gasteiger partial charge in [-0.3, -0.25) is 9.48 Å². The number of carbonyl (C=O) groups excluding carboxylic acids is 1. The average Bonchev–Trinajstić information content (AvgIpc) is 3.22. The number of ether oxygens (including phenoxy) is 1. The Kier molecular flexibility index (Phi) is 5.79. The molecule has 0 N–H and O–H groups in total. The van der Waals surface area contributed by atoms with Crippen molar-refractivity contribution >= 4 is 5.91 Å². The van der Waals surface area contributed by atoms with E-state index in [-0.39, 0.29) is 11.9 Å². The molecule has 1 aromatic heterocycles. The molecule has 25 heavy (non-hydrogen) atoms. The predicted octanol–water partition coefficient (Wildman–Crippen LogP) is 2.02. The van der Waals surface area contributed by atoms with E-state index in [9.17, 15) is 4.79 Å². The van der Waals surface area contributed by atoms with E-state index in [4.69, 9.17) is 4.74 Å². The quantitative estimate of drug-likeness (QED) is 0.817. The zero-order valence-electron chi connectivity index (χ0n) is 16.1. The van der Waals surface area contributed by atoms with E-state index < -0.39 is 0 Å². The fraction of sp³-hybridized carbons (Fsp3) is 0.789. The second-order valence-corrected chi connectivity index (χ2v) is 7.76. The number of rotatable bonds is 5. The summed E-state index contributed by atoms with van der Waals surface area (Å²) in [6, 6.07) is 2.12. The van der Waals surface area contributed by atoms with Gasteiger partial charge in [0.05, 0.1) is 12.3 Å². The smallest absolute Gasteiger partial charge is 0.247 e. The van der Waals surface area contributed by atoms with Crippen LogP contribution in [-0.4, -0.2) is 71.4 Å². The number of likely N-dealkylation sites (tertiary alicyclic amines) is 1. The summed E-state index contributed by atoms with van der Waals surface area (Å²) in [5, 5.41) is 4.48. The molecule has 3 rings (SSSR count). The highest BCUT2D eigenvalue weighted by Gasteiger charge is 2.30. The van der Waals surface area contributed by atoms with Crippen LogP contribution in [0.5, 0.6) is 0 Å². The fourth-order valence-electron chi connectivity index (χ4n) is 4.20. The molecule has 2 aliphatic rings. The van der Waals surface area contributed by atoms with Crippen molar-refractivity contribution in [2.24, 2.45) is 5.92 Å². The molecule has 0 aliphatic carbocycles. The molecular formula is C19H32N4O2. The van der Waals surface area contributed by atoms with E-state index in [2.05, 4.69) is 10.00 Å². The molecule has 6 heteroatoms. The van der Waals surface area contributed by atoms with Crippen molar-refractivity contribution in [3.63, 3.8) is 0 Å². The molecule has 2 unspecified atom stereocenters. The van der Waals surface area contributed by atoms with Crippen LogP contribution >= 0.6 is 0 Å². The summed E-state index contributed by atoms with van der Waals surface area (Å²) in [6.45, 7) is 11.1. The molecule has 2 aliphatic heterocycles. The number of aromatic nitrogens is 2. The molecule has 6 nitrogen and oxygen atoms in total. The van der Waals surface area contributed by atoms with Gasteiger partial charge in [0.1, 0.15) is 6.04 Å². The normalized spacial score (nSPS) is 23.8. The van der Waals surface area contributed by atoms with Crippen LogP contribution in [0.25, 0.3) is 0 Å². The summed E-state index contributed by atoms with van der Waals surface area (Å²) in [7, 11) is 1.95. The maximum absolute atomic E-state index is 12.9. The van der Waals surface area contributed by atoms with Gasteiger partial charge in [0.25, 0.3) is 0 Å². The van der Waals surface area contributed by atoms with Crippen molar-refractivity contribution < 1.29 is 9.53 Å². The third-order valence-electron chi connectivity index (χ3n) is 5.76. The van der Waals surface area contributed by atoms with E-state index in [1.54, 1.807) is 0 Å². The van der Waals surface area contributed by atoms with E-state index in [1.807, 2.05) is 43.5 Å². The van der Waals surface area contributed by atoms with Gasteiger partial charge in [-0.2, -0.15) is 5.10 Å². The first-order chi connectivity index (χ1) is 12.0. The lowest BCUT2D eigenvalue weighted by atomic mass is 10.0. The molecule has 2 fully saturated rings. The SMILES string of the molecule is Cc1cc(C)n(C(C)C(=O)N(C)C2CCN(CC3CCOC3)CC2)n1. The molecule has 140 valence electrons. The van der Waals surface area contributed by atoms with Crippen molar-refractivity contribution in [3.8, 4) is 0 Å². The lowest BCUT2D eigenvalue weighted by Crippen LogP contribution is -2.48. The Balaban J connectivity index is 1.52. The first-order valence-corrected chi connectivity index (χ1v) is 9.55. The van der Waals surface area contributed by atoms with Crippen molar-refractivity contribution in [3.05, 3.63) is 17.5 Å². The van der Waals surface area contributed by atoms with Crippen molar-refractivity contribution in [1.29, 1.82) is 0 Å². The number of nitrogens with zero attached hydrogens (tertiary/aromatic N) is 4. The minimum Gasteiger partial charge on any atom is -0.381 e. The number of piperidine rings is 1. The van der Waals surface area contributed by atoms with Crippen LogP contribution in [0.4, 0.5) is 0 Å². The number of carbonyl (C=O) groups is 1. The Hall–Kier alpha value is -1.40. The number of hydrogen-bond acceptors (Lipinski definition) is 4. The molecule has 1 aromatic rings. The molecule has 0 aromatic carbocycles. The summed E-state index contributed by atoms with van der Waals surface area (Å²) >= 11 is 0. The number of aryl methyl sites for hydroxylation is 2. The third-order valence-corrected chi connectivity index (χ3v) is 5.76. The van der Waals surface area contributed by atoms with Crippen LogP contribution in [-0.2, 0) is 9.53 Å². The monoisotopic (exact) mass is 348 g/mol. The second kappa shape index (κ2) is 7.87. The topological polar surface area (TPSA) is 50.6 Å². The van der Waals surface area contributed by atoms with Gasteiger partial charge >= 0.3 is 0 Å². The fourth-order valence-corrected chi connectivity index (χ4v) is 4.20. The van der Waals surface area contributed by atoms with Crippen LogP contribution in [0.1, 0.15) is 43.6 Å². The van der Waals surface area contributed by atoms with E-state index >= 15 is 0 Å². The van der Waals surface area contributed by atoms with Crippen molar-refractivity contribution in [1.82, 2.24) is 19.6 Å². The van der Waals surface area contributed by atoms with Crippen LogP contribution in [0, 0.1) is 19.8 Å². The van der Waals surface area contributed by atoms with Crippen molar-refractivity contribution in [2.75, 3.05) is 39.9 Å². The van der Waals surface area contributed by atoms with Crippen LogP contribution in [0.2, 0.25) is 0 Å². The largest absolute Gasteiger partial charge is 0.381 e. The molecule has 3 heterocycles. The lowest BCUT2D eigenvalue weighted by Gasteiger charge is -2.38. The van der Waals surface area contributed by atoms with Crippen LogP contribution < -0.4 is 0 Å². The van der Waals surface area contributed by atoms with Gasteiger partial charge in [-0.05, 0) is 52.0 Å². The van der Waals surface area contributed by atoms with Gasteiger partial charge in [-0.1, -0.05) is 0 Å². The Morgan fingerprint density at radius 1 is 1.36 bits per heavy atom. The Morgan fingerprint density at radius 3 is 2.64 bits per heavy atom. The Morgan fingerprint density at radius 2 is 2.08 bits per heavy atom. The molecule has 0 radical (unpaired) electrons. The molecule has 1 amide bonds. The lowest BCUT2D eigenvalue weighted by molar-refractivity contribution is -0.136. The van der Waals surface area contributed by atoms with Crippen LogP contribution in [0.15, 0.2) is 6.07 Å². The number of hydrogen-bond donors (Lipinski definition) is 0. The second-order valence-electron chi connectivity index (χ2n) is 7.76. The first-order valence-electron chi connectivity index (χ1n) is 9.55. The minimum atomic E-state index is -0.243. The van der Waals surface area contributed by atoms with E-state index in [0.29, 0.717) is 12.0 Å². The van der Waals surface area contributed by atoms with Gasteiger partial charge in [0.15, 0.2) is 0 Å². The average molecular weight is 348 g/mol. The van der Waals surface area contributed by atoms with Gasteiger partial charge in [-0.15, -0.1) is 0 Å². The zero-order chi connectivity index (χ0) is 18.0. The first kappa shape index (κ1) is 18.4. The van der Waals surface area contributed by atoms with Gasteiger partial charge in [0, 0.05) is 45.0 Å². The molecular weight excluding hydrogens is 316 g/mol. The summed E-state index contributed by atoms with van der Waals surface area (Å²) in [6.07, 6.45) is 3.30.